The Hall–Kier alpha value is 0.190. The molecule has 0 aromatic carbocycles. The van der Waals surface area contributed by atoms with E-state index in [0.717, 1.165) is 0 Å². The molecule has 0 aliphatic carbocycles. The Morgan fingerprint density at radius 3 is 1.75 bits per heavy atom. The van der Waals surface area contributed by atoms with Crippen molar-refractivity contribution in [2.45, 2.75) is 13.8 Å². The lowest BCUT2D eigenvalue weighted by atomic mass is 11.0. The number of hydrogen-bond donors (Lipinski definition) is 1. The zero-order valence-corrected chi connectivity index (χ0v) is 6.32. The van der Waals surface area contributed by atoms with Crippen molar-refractivity contribution in [1.29, 1.82) is 0 Å². The Bertz CT molecular complexity index is 81.6. The van der Waals surface area contributed by atoms with Crippen molar-refractivity contribution in [3.8, 4) is 0 Å². The van der Waals surface area contributed by atoms with Gasteiger partial charge in [0.2, 0.25) is 0 Å². The lowest BCUT2D eigenvalue weighted by Crippen LogP contribution is -1.93. The van der Waals surface area contributed by atoms with Gasteiger partial charge in [-0.1, -0.05) is 13.8 Å². The Balaban J connectivity index is 3.79. The molecule has 0 unspecified atom stereocenters. The smallest absolute Gasteiger partial charge is 0.111 e. The molecule has 0 heterocycles. The fourth-order valence-corrected chi connectivity index (χ4v) is 1.27. The van der Waals surface area contributed by atoms with Crippen LogP contribution in [0.15, 0.2) is 0 Å². The van der Waals surface area contributed by atoms with Crippen LogP contribution in [0, 0.1) is 0 Å². The molecule has 0 saturated carbocycles. The zero-order chi connectivity index (χ0) is 6.62. The lowest BCUT2D eigenvalue weighted by molar-refractivity contribution is 0.358. The first-order valence-electron chi connectivity index (χ1n) is 2.86. The summed E-state index contributed by atoms with van der Waals surface area (Å²) in [5, 5.41) is 8.52. The molecule has 0 amide bonds. The van der Waals surface area contributed by atoms with E-state index in [-0.39, 0.29) is 6.35 Å². The first kappa shape index (κ1) is 8.19. The maximum absolute atomic E-state index is 11.1. The van der Waals surface area contributed by atoms with Gasteiger partial charge in [-0.05, 0) is 0 Å². The van der Waals surface area contributed by atoms with Crippen LogP contribution in [-0.4, -0.2) is 23.8 Å². The Morgan fingerprint density at radius 1 is 1.38 bits per heavy atom. The molecule has 0 radical (unpaired) electrons. The van der Waals surface area contributed by atoms with Gasteiger partial charge in [0.05, 0.1) is 6.35 Å². The average Bonchev–Trinajstić information content (AvgIpc) is 1.87. The summed E-state index contributed by atoms with van der Waals surface area (Å²) in [6, 6.07) is 0. The van der Waals surface area contributed by atoms with Crippen molar-refractivity contribution >= 4 is 7.14 Å². The summed E-state index contributed by atoms with van der Waals surface area (Å²) < 4.78 is 11.1. The first-order valence-corrected chi connectivity index (χ1v) is 5.12. The fraction of sp³-hybridized carbons (Fsp3) is 1.00. The highest BCUT2D eigenvalue weighted by molar-refractivity contribution is 7.63. The standard InChI is InChI=1S/C5H13O2P/c1-3-8(7,4-2)5-6/h6H,3-5H2,1-2H3. The van der Waals surface area contributed by atoms with Crippen molar-refractivity contribution in [3.63, 3.8) is 0 Å². The number of hydrogen-bond acceptors (Lipinski definition) is 2. The van der Waals surface area contributed by atoms with Crippen LogP contribution in [0.1, 0.15) is 13.8 Å². The third kappa shape index (κ3) is 1.97. The zero-order valence-electron chi connectivity index (χ0n) is 5.42. The van der Waals surface area contributed by atoms with Gasteiger partial charge in [-0.3, -0.25) is 0 Å². The highest BCUT2D eigenvalue weighted by Crippen LogP contribution is 2.42. The van der Waals surface area contributed by atoms with E-state index in [2.05, 4.69) is 0 Å². The van der Waals surface area contributed by atoms with Crippen molar-refractivity contribution in [3.05, 3.63) is 0 Å². The van der Waals surface area contributed by atoms with Gasteiger partial charge in [0.1, 0.15) is 7.14 Å². The van der Waals surface area contributed by atoms with Crippen LogP contribution in [0.2, 0.25) is 0 Å². The Morgan fingerprint density at radius 2 is 1.75 bits per heavy atom. The third-order valence-corrected chi connectivity index (χ3v) is 4.23. The van der Waals surface area contributed by atoms with E-state index in [9.17, 15) is 4.57 Å². The molecule has 1 N–H and O–H groups in total. The number of rotatable bonds is 3. The van der Waals surface area contributed by atoms with Gasteiger partial charge < -0.3 is 9.67 Å². The van der Waals surface area contributed by atoms with Crippen LogP contribution in [0.25, 0.3) is 0 Å². The van der Waals surface area contributed by atoms with Crippen LogP contribution in [0.3, 0.4) is 0 Å². The highest BCUT2D eigenvalue weighted by Gasteiger charge is 2.13. The topological polar surface area (TPSA) is 37.3 Å². The molecule has 0 aromatic heterocycles. The molecule has 0 spiro atoms. The maximum Gasteiger partial charge on any atom is 0.111 e. The van der Waals surface area contributed by atoms with Gasteiger partial charge in [0.25, 0.3) is 0 Å². The largest absolute Gasteiger partial charge is 0.389 e. The molecule has 3 heteroatoms. The second-order valence-electron chi connectivity index (χ2n) is 1.83. The van der Waals surface area contributed by atoms with E-state index in [1.54, 1.807) is 0 Å². The fourth-order valence-electron chi connectivity index (χ4n) is 0.424. The van der Waals surface area contributed by atoms with E-state index in [4.69, 9.17) is 5.11 Å². The molecule has 8 heavy (non-hydrogen) atoms. The summed E-state index contributed by atoms with van der Waals surface area (Å²) in [5.74, 6) is 0. The van der Waals surface area contributed by atoms with Crippen LogP contribution >= 0.6 is 7.14 Å². The Kier molecular flexibility index (Phi) is 3.34. The second-order valence-corrected chi connectivity index (χ2v) is 5.50. The summed E-state index contributed by atoms with van der Waals surface area (Å²) in [6.45, 7) is 3.70. The van der Waals surface area contributed by atoms with Crippen LogP contribution in [0.4, 0.5) is 0 Å². The van der Waals surface area contributed by atoms with Crippen molar-refractivity contribution in [2.75, 3.05) is 18.7 Å². The summed E-state index contributed by atoms with van der Waals surface area (Å²) in [5.41, 5.74) is 0. The van der Waals surface area contributed by atoms with Gasteiger partial charge in [-0.25, -0.2) is 0 Å². The first-order chi connectivity index (χ1) is 3.68. The maximum atomic E-state index is 11.1. The average molecular weight is 136 g/mol. The summed E-state index contributed by atoms with van der Waals surface area (Å²) >= 11 is 0. The molecule has 0 bridgehead atoms. The normalized spacial score (nSPS) is 11.9. The predicted molar refractivity (Wildman–Crippen MR) is 35.8 cm³/mol. The lowest BCUT2D eigenvalue weighted by Gasteiger charge is -2.07. The molecule has 50 valence electrons. The highest BCUT2D eigenvalue weighted by atomic mass is 31.2. The molecule has 0 rings (SSSR count). The minimum atomic E-state index is -2.11. The van der Waals surface area contributed by atoms with Gasteiger partial charge in [-0.2, -0.15) is 0 Å². The van der Waals surface area contributed by atoms with Crippen molar-refractivity contribution in [1.82, 2.24) is 0 Å². The summed E-state index contributed by atoms with van der Waals surface area (Å²) in [6.07, 6.45) is 1.12. The molecule has 0 atom stereocenters. The Labute approximate surface area is 50.3 Å². The molecule has 0 aliphatic rings. The molecule has 0 fully saturated rings. The van der Waals surface area contributed by atoms with Crippen LogP contribution in [-0.2, 0) is 4.57 Å². The molecule has 0 aliphatic heterocycles. The molecular formula is C5H13O2P. The molecule has 0 saturated heterocycles. The predicted octanol–water partition coefficient (Wildman–Crippen LogP) is 1.34. The van der Waals surface area contributed by atoms with E-state index in [0.29, 0.717) is 12.3 Å². The minimum absolute atomic E-state index is 0.125. The molecule has 2 nitrogen and oxygen atoms in total. The van der Waals surface area contributed by atoms with Crippen LogP contribution < -0.4 is 0 Å². The number of aliphatic hydroxyl groups is 1. The molecular weight excluding hydrogens is 123 g/mol. The quantitative estimate of drug-likeness (QED) is 0.594. The van der Waals surface area contributed by atoms with E-state index in [1.807, 2.05) is 13.8 Å². The van der Waals surface area contributed by atoms with E-state index in [1.165, 1.54) is 0 Å². The second kappa shape index (κ2) is 3.26. The summed E-state index contributed by atoms with van der Waals surface area (Å²) in [4.78, 5) is 0. The van der Waals surface area contributed by atoms with Crippen molar-refractivity contribution in [2.24, 2.45) is 0 Å². The monoisotopic (exact) mass is 136 g/mol. The number of aliphatic hydroxyl groups excluding tert-OH is 1. The van der Waals surface area contributed by atoms with Crippen molar-refractivity contribution < 1.29 is 9.67 Å². The van der Waals surface area contributed by atoms with Gasteiger partial charge in [0.15, 0.2) is 0 Å². The SMILES string of the molecule is CCP(=O)(CC)CO. The summed E-state index contributed by atoms with van der Waals surface area (Å²) in [7, 11) is -2.11. The van der Waals surface area contributed by atoms with Gasteiger partial charge in [-0.15, -0.1) is 0 Å². The minimum Gasteiger partial charge on any atom is -0.389 e. The van der Waals surface area contributed by atoms with Gasteiger partial charge >= 0.3 is 0 Å². The van der Waals surface area contributed by atoms with E-state index < -0.39 is 7.14 Å². The third-order valence-electron chi connectivity index (χ3n) is 1.41. The van der Waals surface area contributed by atoms with E-state index >= 15 is 0 Å². The van der Waals surface area contributed by atoms with Gasteiger partial charge in [0, 0.05) is 12.3 Å². The molecule has 0 aromatic rings. The van der Waals surface area contributed by atoms with Crippen LogP contribution in [0.5, 0.6) is 0 Å².